The molecule has 1 saturated carbocycles. The molecule has 1 aliphatic rings. The van der Waals surface area contributed by atoms with Gasteiger partial charge in [-0.1, -0.05) is 0 Å². The third-order valence-corrected chi connectivity index (χ3v) is 5.03. The summed E-state index contributed by atoms with van der Waals surface area (Å²) in [6, 6.07) is 4.21. The highest BCUT2D eigenvalue weighted by molar-refractivity contribution is 7.89. The van der Waals surface area contributed by atoms with Crippen LogP contribution < -0.4 is 14.8 Å². The Morgan fingerprint density at radius 1 is 1.24 bits per heavy atom. The van der Waals surface area contributed by atoms with Crippen LogP contribution in [0.2, 0.25) is 0 Å². The first-order chi connectivity index (χ1) is 11.9. The summed E-state index contributed by atoms with van der Waals surface area (Å²) in [6.07, 6.45) is 1.53. The second-order valence-electron chi connectivity index (χ2n) is 5.61. The maximum absolute atomic E-state index is 12.3. The normalized spacial score (nSPS) is 14.0. The van der Waals surface area contributed by atoms with Crippen molar-refractivity contribution in [2.75, 3.05) is 19.0 Å². The van der Waals surface area contributed by atoms with Gasteiger partial charge in [0.25, 0.3) is 0 Å². The van der Waals surface area contributed by atoms with Crippen LogP contribution in [-0.2, 0) is 24.3 Å². The molecule has 0 spiro atoms. The smallest absolute Gasteiger partial charge is 0.306 e. The van der Waals surface area contributed by atoms with Gasteiger partial charge in [0.2, 0.25) is 15.9 Å². The van der Waals surface area contributed by atoms with Gasteiger partial charge in [0.15, 0.2) is 0 Å². The molecular weight excluding hydrogens is 348 g/mol. The molecule has 0 bridgehead atoms. The molecule has 0 atom stereocenters. The molecule has 0 radical (unpaired) electrons. The van der Waals surface area contributed by atoms with Crippen molar-refractivity contribution in [2.24, 2.45) is 0 Å². The summed E-state index contributed by atoms with van der Waals surface area (Å²) in [7, 11) is -2.23. The Kier molecular flexibility index (Phi) is 6.38. The molecule has 138 valence electrons. The number of hydrogen-bond acceptors (Lipinski definition) is 6. The lowest BCUT2D eigenvalue weighted by atomic mass is 10.2. The van der Waals surface area contributed by atoms with Crippen molar-refractivity contribution in [1.29, 1.82) is 0 Å². The predicted molar refractivity (Wildman–Crippen MR) is 90.8 cm³/mol. The first kappa shape index (κ1) is 19.2. The van der Waals surface area contributed by atoms with E-state index in [1.54, 1.807) is 6.92 Å². The van der Waals surface area contributed by atoms with Gasteiger partial charge in [-0.15, -0.1) is 0 Å². The van der Waals surface area contributed by atoms with Gasteiger partial charge >= 0.3 is 5.97 Å². The summed E-state index contributed by atoms with van der Waals surface area (Å²) in [5.41, 5.74) is 0.232. The number of rotatable bonds is 9. The van der Waals surface area contributed by atoms with Gasteiger partial charge in [-0.2, -0.15) is 0 Å². The Balaban J connectivity index is 2.08. The van der Waals surface area contributed by atoms with Crippen LogP contribution in [0.1, 0.15) is 32.6 Å². The zero-order valence-electron chi connectivity index (χ0n) is 14.2. The fourth-order valence-corrected chi connectivity index (χ4v) is 3.43. The molecule has 0 saturated heterocycles. The van der Waals surface area contributed by atoms with Crippen LogP contribution in [0.15, 0.2) is 23.1 Å². The topological polar surface area (TPSA) is 111 Å². The Morgan fingerprint density at radius 2 is 1.96 bits per heavy atom. The molecule has 25 heavy (non-hydrogen) atoms. The first-order valence-electron chi connectivity index (χ1n) is 8.01. The van der Waals surface area contributed by atoms with Gasteiger partial charge in [-0.25, -0.2) is 13.1 Å². The van der Waals surface area contributed by atoms with Gasteiger partial charge in [0, 0.05) is 12.5 Å². The lowest BCUT2D eigenvalue weighted by molar-refractivity contribution is -0.144. The van der Waals surface area contributed by atoms with E-state index in [4.69, 9.17) is 9.47 Å². The second-order valence-corrected chi connectivity index (χ2v) is 7.32. The van der Waals surface area contributed by atoms with Gasteiger partial charge in [0.05, 0.1) is 30.7 Å². The Hall–Kier alpha value is -2.13. The van der Waals surface area contributed by atoms with Crippen LogP contribution in [0, 0.1) is 0 Å². The van der Waals surface area contributed by atoms with Crippen molar-refractivity contribution >= 4 is 27.6 Å². The van der Waals surface area contributed by atoms with Crippen LogP contribution in [0.3, 0.4) is 0 Å². The lowest BCUT2D eigenvalue weighted by Crippen LogP contribution is -2.26. The molecular formula is C16H22N2O6S. The van der Waals surface area contributed by atoms with Crippen LogP contribution in [-0.4, -0.2) is 40.1 Å². The third-order valence-electron chi connectivity index (χ3n) is 3.52. The quantitative estimate of drug-likeness (QED) is 0.636. The van der Waals surface area contributed by atoms with Crippen molar-refractivity contribution in [1.82, 2.24) is 4.72 Å². The SMILES string of the molecule is CCOC(=O)CCC(=O)Nc1cc(S(=O)(=O)NC2CC2)ccc1OC. The molecule has 9 heteroatoms. The monoisotopic (exact) mass is 370 g/mol. The molecule has 1 aromatic rings. The average molecular weight is 370 g/mol. The predicted octanol–water partition coefficient (Wildman–Crippen LogP) is 1.42. The summed E-state index contributed by atoms with van der Waals surface area (Å²) in [6.45, 7) is 1.94. The van der Waals surface area contributed by atoms with E-state index in [9.17, 15) is 18.0 Å². The molecule has 1 amide bonds. The molecule has 0 aliphatic heterocycles. The molecule has 0 aromatic heterocycles. The highest BCUT2D eigenvalue weighted by Gasteiger charge is 2.28. The van der Waals surface area contributed by atoms with Gasteiger partial charge in [0.1, 0.15) is 5.75 Å². The van der Waals surface area contributed by atoms with Gasteiger partial charge < -0.3 is 14.8 Å². The second kappa shape index (κ2) is 8.30. The zero-order chi connectivity index (χ0) is 18.4. The third kappa shape index (κ3) is 5.71. The number of sulfonamides is 1. The number of methoxy groups -OCH3 is 1. The maximum Gasteiger partial charge on any atom is 0.306 e. The minimum Gasteiger partial charge on any atom is -0.495 e. The number of carbonyl (C=O) groups excluding carboxylic acids is 2. The minimum absolute atomic E-state index is 0.0188. The van der Waals surface area contributed by atoms with Crippen molar-refractivity contribution in [3.63, 3.8) is 0 Å². The Labute approximate surface area is 146 Å². The van der Waals surface area contributed by atoms with Crippen molar-refractivity contribution < 1.29 is 27.5 Å². The van der Waals surface area contributed by atoms with E-state index in [1.807, 2.05) is 0 Å². The number of esters is 1. The molecule has 2 rings (SSSR count). The number of anilines is 1. The molecule has 0 unspecified atom stereocenters. The fourth-order valence-electron chi connectivity index (χ4n) is 2.10. The highest BCUT2D eigenvalue weighted by atomic mass is 32.2. The summed E-state index contributed by atoms with van der Waals surface area (Å²) >= 11 is 0. The Morgan fingerprint density at radius 3 is 2.56 bits per heavy atom. The molecule has 1 fully saturated rings. The average Bonchev–Trinajstić information content (AvgIpc) is 3.36. The van der Waals surface area contributed by atoms with Crippen molar-refractivity contribution in [2.45, 2.75) is 43.5 Å². The van der Waals surface area contributed by atoms with Gasteiger partial charge in [-0.05, 0) is 38.0 Å². The number of ether oxygens (including phenoxy) is 2. The summed E-state index contributed by atoms with van der Waals surface area (Å²) < 4.78 is 37.1. The minimum atomic E-state index is -3.64. The van der Waals surface area contributed by atoms with Crippen LogP contribution in [0.25, 0.3) is 0 Å². The first-order valence-corrected chi connectivity index (χ1v) is 9.50. The Bertz CT molecular complexity index is 743. The van der Waals surface area contributed by atoms with E-state index in [2.05, 4.69) is 10.0 Å². The van der Waals surface area contributed by atoms with Crippen molar-refractivity contribution in [3.05, 3.63) is 18.2 Å². The standard InChI is InChI=1S/C16H22N2O6S/c1-3-24-16(20)9-8-15(19)17-13-10-12(6-7-14(13)23-2)25(21,22)18-11-4-5-11/h6-7,10-11,18H,3-5,8-9H2,1-2H3,(H,17,19). The van der Waals surface area contributed by atoms with Crippen LogP contribution in [0.5, 0.6) is 5.75 Å². The zero-order valence-corrected chi connectivity index (χ0v) is 15.0. The van der Waals surface area contributed by atoms with E-state index >= 15 is 0 Å². The number of benzene rings is 1. The molecule has 2 N–H and O–H groups in total. The lowest BCUT2D eigenvalue weighted by Gasteiger charge is -2.13. The molecule has 1 aliphatic carbocycles. The van der Waals surface area contributed by atoms with E-state index in [0.717, 1.165) is 12.8 Å². The fraction of sp³-hybridized carbons (Fsp3) is 0.500. The van der Waals surface area contributed by atoms with E-state index in [0.29, 0.717) is 5.75 Å². The summed E-state index contributed by atoms with van der Waals surface area (Å²) in [5.74, 6) is -0.569. The largest absolute Gasteiger partial charge is 0.495 e. The van der Waals surface area contributed by atoms with Crippen LogP contribution in [0.4, 0.5) is 5.69 Å². The van der Waals surface area contributed by atoms with Crippen LogP contribution >= 0.6 is 0 Å². The summed E-state index contributed by atoms with van der Waals surface area (Å²) in [4.78, 5) is 23.3. The molecule has 0 heterocycles. The number of carbonyl (C=O) groups is 2. The van der Waals surface area contributed by atoms with E-state index < -0.39 is 21.9 Å². The van der Waals surface area contributed by atoms with E-state index in [1.165, 1.54) is 25.3 Å². The van der Waals surface area contributed by atoms with Crippen molar-refractivity contribution in [3.8, 4) is 5.75 Å². The number of amides is 1. The number of hydrogen-bond donors (Lipinski definition) is 2. The molecule has 1 aromatic carbocycles. The molecule has 8 nitrogen and oxygen atoms in total. The maximum atomic E-state index is 12.3. The summed E-state index contributed by atoms with van der Waals surface area (Å²) in [5, 5.41) is 2.58. The van der Waals surface area contributed by atoms with Gasteiger partial charge in [-0.3, -0.25) is 9.59 Å². The number of nitrogens with one attached hydrogen (secondary N) is 2. The van der Waals surface area contributed by atoms with E-state index in [-0.39, 0.29) is 36.1 Å². The highest BCUT2D eigenvalue weighted by Crippen LogP contribution is 2.29.